The molecule has 0 spiro atoms. The normalized spacial score (nSPS) is 10.4. The summed E-state index contributed by atoms with van der Waals surface area (Å²) in [6.07, 6.45) is 3.41. The van der Waals surface area contributed by atoms with Crippen molar-refractivity contribution in [1.82, 2.24) is 15.1 Å². The van der Waals surface area contributed by atoms with Crippen LogP contribution in [0.3, 0.4) is 0 Å². The summed E-state index contributed by atoms with van der Waals surface area (Å²) in [5.74, 6) is -0.882. The van der Waals surface area contributed by atoms with Crippen molar-refractivity contribution in [2.24, 2.45) is 0 Å². The molecule has 0 radical (unpaired) electrons. The topological polar surface area (TPSA) is 87.4 Å². The van der Waals surface area contributed by atoms with Crippen LogP contribution in [-0.2, 0) is 17.9 Å². The van der Waals surface area contributed by atoms with Crippen LogP contribution in [0.1, 0.15) is 5.56 Å². The Morgan fingerprint density at radius 2 is 2.43 bits per heavy atom. The van der Waals surface area contributed by atoms with E-state index < -0.39 is 5.97 Å². The number of aliphatic carboxylic acids is 1. The third-order valence-corrected chi connectivity index (χ3v) is 1.62. The summed E-state index contributed by atoms with van der Waals surface area (Å²) in [6.45, 7) is 0.908. The SMILES string of the molecule is O=C(O)CNCc1cnn(CCO)c1. The Morgan fingerprint density at radius 3 is 3.07 bits per heavy atom. The van der Waals surface area contributed by atoms with E-state index in [0.717, 1.165) is 5.56 Å². The van der Waals surface area contributed by atoms with E-state index >= 15 is 0 Å². The van der Waals surface area contributed by atoms with Crippen molar-refractivity contribution in [3.8, 4) is 0 Å². The van der Waals surface area contributed by atoms with Crippen LogP contribution in [0.5, 0.6) is 0 Å². The highest BCUT2D eigenvalue weighted by atomic mass is 16.4. The standard InChI is InChI=1S/C8H13N3O3/c12-2-1-11-6-7(4-10-11)3-9-5-8(13)14/h4,6,9,12H,1-3,5H2,(H,13,14). The molecule has 0 amide bonds. The molecule has 1 aromatic rings. The Kier molecular flexibility index (Phi) is 4.09. The zero-order chi connectivity index (χ0) is 10.4. The van der Waals surface area contributed by atoms with Gasteiger partial charge in [0.15, 0.2) is 0 Å². The monoisotopic (exact) mass is 199 g/mol. The number of aliphatic hydroxyl groups is 1. The van der Waals surface area contributed by atoms with Gasteiger partial charge in [-0.15, -0.1) is 0 Å². The predicted molar refractivity (Wildman–Crippen MR) is 48.7 cm³/mol. The third-order valence-electron chi connectivity index (χ3n) is 1.62. The Bertz CT molecular complexity index is 298. The van der Waals surface area contributed by atoms with Gasteiger partial charge in [0.05, 0.1) is 25.9 Å². The van der Waals surface area contributed by atoms with E-state index in [2.05, 4.69) is 10.4 Å². The number of aliphatic hydroxyl groups excluding tert-OH is 1. The summed E-state index contributed by atoms with van der Waals surface area (Å²) in [5.41, 5.74) is 0.903. The lowest BCUT2D eigenvalue weighted by atomic mass is 10.3. The quantitative estimate of drug-likeness (QED) is 0.550. The van der Waals surface area contributed by atoms with Gasteiger partial charge in [-0.2, -0.15) is 5.10 Å². The molecular formula is C8H13N3O3. The maximum absolute atomic E-state index is 10.2. The molecule has 0 aliphatic carbocycles. The second-order valence-electron chi connectivity index (χ2n) is 2.83. The number of aromatic nitrogens is 2. The average Bonchev–Trinajstić information content (AvgIpc) is 2.53. The highest BCUT2D eigenvalue weighted by molar-refractivity contribution is 5.68. The van der Waals surface area contributed by atoms with Crippen molar-refractivity contribution in [1.29, 1.82) is 0 Å². The minimum Gasteiger partial charge on any atom is -0.480 e. The summed E-state index contributed by atoms with van der Waals surface area (Å²) in [7, 11) is 0. The van der Waals surface area contributed by atoms with Gasteiger partial charge in [-0.3, -0.25) is 9.48 Å². The molecule has 14 heavy (non-hydrogen) atoms. The van der Waals surface area contributed by atoms with Crippen molar-refractivity contribution in [2.75, 3.05) is 13.2 Å². The van der Waals surface area contributed by atoms with Gasteiger partial charge in [0, 0.05) is 18.3 Å². The van der Waals surface area contributed by atoms with Gasteiger partial charge in [-0.05, 0) is 0 Å². The smallest absolute Gasteiger partial charge is 0.317 e. The fraction of sp³-hybridized carbons (Fsp3) is 0.500. The number of carbonyl (C=O) groups is 1. The number of rotatable bonds is 6. The maximum atomic E-state index is 10.2. The minimum atomic E-state index is -0.882. The maximum Gasteiger partial charge on any atom is 0.317 e. The molecule has 1 aromatic heterocycles. The lowest BCUT2D eigenvalue weighted by molar-refractivity contribution is -0.135. The van der Waals surface area contributed by atoms with Gasteiger partial charge in [0.25, 0.3) is 0 Å². The van der Waals surface area contributed by atoms with E-state index in [0.29, 0.717) is 13.1 Å². The van der Waals surface area contributed by atoms with Gasteiger partial charge < -0.3 is 15.5 Å². The van der Waals surface area contributed by atoms with Gasteiger partial charge in [-0.25, -0.2) is 0 Å². The molecular weight excluding hydrogens is 186 g/mol. The lowest BCUT2D eigenvalue weighted by Gasteiger charge is -1.97. The molecule has 1 rings (SSSR count). The fourth-order valence-corrected chi connectivity index (χ4v) is 1.04. The number of hydrogen-bond acceptors (Lipinski definition) is 4. The second kappa shape index (κ2) is 5.36. The van der Waals surface area contributed by atoms with E-state index in [4.69, 9.17) is 10.2 Å². The summed E-state index contributed by atoms with van der Waals surface area (Å²) in [4.78, 5) is 10.2. The number of carboxylic acid groups (broad SMARTS) is 1. The first kappa shape index (κ1) is 10.7. The summed E-state index contributed by atoms with van der Waals surface area (Å²) < 4.78 is 1.61. The van der Waals surface area contributed by atoms with Gasteiger partial charge in [-0.1, -0.05) is 0 Å². The lowest BCUT2D eigenvalue weighted by Crippen LogP contribution is -2.21. The molecule has 0 unspecified atom stereocenters. The van der Waals surface area contributed by atoms with Crippen molar-refractivity contribution in [2.45, 2.75) is 13.1 Å². The Morgan fingerprint density at radius 1 is 1.64 bits per heavy atom. The van der Waals surface area contributed by atoms with Gasteiger partial charge >= 0.3 is 5.97 Å². The number of nitrogens with one attached hydrogen (secondary N) is 1. The summed E-state index contributed by atoms with van der Waals surface area (Å²) >= 11 is 0. The molecule has 0 saturated heterocycles. The van der Waals surface area contributed by atoms with E-state index in [-0.39, 0.29) is 13.2 Å². The van der Waals surface area contributed by atoms with E-state index in [1.807, 2.05) is 0 Å². The van der Waals surface area contributed by atoms with Crippen LogP contribution < -0.4 is 5.32 Å². The van der Waals surface area contributed by atoms with Crippen LogP contribution in [-0.4, -0.2) is 39.1 Å². The molecule has 6 nitrogen and oxygen atoms in total. The first-order valence-corrected chi connectivity index (χ1v) is 4.27. The second-order valence-corrected chi connectivity index (χ2v) is 2.83. The van der Waals surface area contributed by atoms with Gasteiger partial charge in [0.1, 0.15) is 0 Å². The van der Waals surface area contributed by atoms with Crippen molar-refractivity contribution < 1.29 is 15.0 Å². The molecule has 0 atom stereocenters. The largest absolute Gasteiger partial charge is 0.480 e. The predicted octanol–water partition coefficient (Wildman–Crippen LogP) is -0.950. The highest BCUT2D eigenvalue weighted by Gasteiger charge is 1.99. The van der Waals surface area contributed by atoms with Crippen LogP contribution in [0.15, 0.2) is 12.4 Å². The summed E-state index contributed by atoms with van der Waals surface area (Å²) in [6, 6.07) is 0. The molecule has 1 heterocycles. The molecule has 0 aromatic carbocycles. The molecule has 3 N–H and O–H groups in total. The van der Waals surface area contributed by atoms with E-state index in [1.165, 1.54) is 0 Å². The summed E-state index contributed by atoms with van der Waals surface area (Å²) in [5, 5.41) is 23.7. The number of carboxylic acids is 1. The Labute approximate surface area is 81.2 Å². The van der Waals surface area contributed by atoms with Crippen LogP contribution in [0.2, 0.25) is 0 Å². The minimum absolute atomic E-state index is 0.0453. The van der Waals surface area contributed by atoms with Gasteiger partial charge in [0.2, 0.25) is 0 Å². The first-order chi connectivity index (χ1) is 6.72. The number of nitrogens with zero attached hydrogens (tertiary/aromatic N) is 2. The van der Waals surface area contributed by atoms with Crippen molar-refractivity contribution >= 4 is 5.97 Å². The first-order valence-electron chi connectivity index (χ1n) is 4.27. The van der Waals surface area contributed by atoms with E-state index in [1.54, 1.807) is 17.1 Å². The molecule has 78 valence electrons. The Balaban J connectivity index is 2.32. The molecule has 0 saturated carbocycles. The van der Waals surface area contributed by atoms with Crippen molar-refractivity contribution in [3.63, 3.8) is 0 Å². The average molecular weight is 199 g/mol. The molecule has 0 bridgehead atoms. The number of hydrogen-bond donors (Lipinski definition) is 3. The third kappa shape index (κ3) is 3.55. The van der Waals surface area contributed by atoms with Crippen LogP contribution in [0.25, 0.3) is 0 Å². The van der Waals surface area contributed by atoms with Crippen LogP contribution in [0, 0.1) is 0 Å². The van der Waals surface area contributed by atoms with Crippen LogP contribution >= 0.6 is 0 Å². The molecule has 0 fully saturated rings. The van der Waals surface area contributed by atoms with E-state index in [9.17, 15) is 4.79 Å². The highest BCUT2D eigenvalue weighted by Crippen LogP contribution is 1.96. The Hall–Kier alpha value is -1.40. The molecule has 6 heteroatoms. The van der Waals surface area contributed by atoms with Crippen LogP contribution in [0.4, 0.5) is 0 Å². The fourth-order valence-electron chi connectivity index (χ4n) is 1.04. The zero-order valence-electron chi connectivity index (χ0n) is 7.68. The molecule has 0 aliphatic heterocycles. The zero-order valence-corrected chi connectivity index (χ0v) is 7.68. The molecule has 0 aliphatic rings. The van der Waals surface area contributed by atoms with Crippen molar-refractivity contribution in [3.05, 3.63) is 18.0 Å².